The Morgan fingerprint density at radius 2 is 1.24 bits per heavy atom. The summed E-state index contributed by atoms with van der Waals surface area (Å²) < 4.78 is 10.7. The number of carbonyl (C=O) groups is 4. The molecule has 3 amide bonds. The number of rotatable bonds is 15. The third-order valence-electron chi connectivity index (χ3n) is 3.91. The number of hydrogen-bond donors (Lipinski definition) is 3. The van der Waals surface area contributed by atoms with Crippen molar-refractivity contribution < 1.29 is 28.7 Å². The highest BCUT2D eigenvalue weighted by atomic mass is 16.5. The summed E-state index contributed by atoms with van der Waals surface area (Å²) >= 11 is 0. The van der Waals surface area contributed by atoms with E-state index in [9.17, 15) is 19.2 Å². The van der Waals surface area contributed by atoms with Crippen LogP contribution in [-0.4, -0.2) is 95.1 Å². The fraction of sp³-hybridized carbons (Fsp3) is 0.789. The maximum absolute atomic E-state index is 12.0. The number of ether oxygens (including phenoxy) is 2. The molecule has 0 radical (unpaired) electrons. The first-order valence-electron chi connectivity index (χ1n) is 9.69. The van der Waals surface area contributed by atoms with Crippen LogP contribution >= 0.6 is 0 Å². The van der Waals surface area contributed by atoms with Gasteiger partial charge in [-0.05, 0) is 0 Å². The van der Waals surface area contributed by atoms with Crippen molar-refractivity contribution >= 4 is 23.5 Å². The van der Waals surface area contributed by atoms with Crippen molar-refractivity contribution in [3.63, 3.8) is 0 Å². The van der Waals surface area contributed by atoms with Crippen LogP contribution in [0.5, 0.6) is 0 Å². The summed E-state index contributed by atoms with van der Waals surface area (Å²) in [6.07, 6.45) is 0.377. The largest absolute Gasteiger partial charge is 0.379 e. The normalized spacial score (nSPS) is 11.2. The number of nitrogens with zero attached hydrogens (tertiary/aromatic N) is 1. The summed E-state index contributed by atoms with van der Waals surface area (Å²) in [6.45, 7) is 7.15. The van der Waals surface area contributed by atoms with E-state index in [-0.39, 0.29) is 48.6 Å². The second-order valence-corrected chi connectivity index (χ2v) is 7.49. The van der Waals surface area contributed by atoms with E-state index in [1.54, 1.807) is 0 Å². The number of nitrogens with one attached hydrogen (secondary N) is 3. The molecule has 3 N–H and O–H groups in total. The van der Waals surface area contributed by atoms with Crippen LogP contribution in [-0.2, 0) is 28.7 Å². The van der Waals surface area contributed by atoms with E-state index < -0.39 is 0 Å². The van der Waals surface area contributed by atoms with Crippen molar-refractivity contribution in [1.82, 2.24) is 20.9 Å². The summed E-state index contributed by atoms with van der Waals surface area (Å²) in [5.41, 5.74) is -0.353. The zero-order valence-electron chi connectivity index (χ0n) is 18.3. The van der Waals surface area contributed by atoms with Gasteiger partial charge in [-0.25, -0.2) is 0 Å². The van der Waals surface area contributed by atoms with Gasteiger partial charge in [0.05, 0.1) is 46.1 Å². The van der Waals surface area contributed by atoms with Crippen molar-refractivity contribution in [3.05, 3.63) is 0 Å². The molecule has 10 heteroatoms. The zero-order valence-corrected chi connectivity index (χ0v) is 18.3. The summed E-state index contributed by atoms with van der Waals surface area (Å²) in [6, 6.07) is 0. The minimum Gasteiger partial charge on any atom is -0.379 e. The molecule has 0 spiro atoms. The van der Waals surface area contributed by atoms with Gasteiger partial charge >= 0.3 is 0 Å². The summed E-state index contributed by atoms with van der Waals surface area (Å²) in [4.78, 5) is 48.2. The van der Waals surface area contributed by atoms with Crippen LogP contribution < -0.4 is 16.0 Å². The number of carbonyl (C=O) groups excluding carboxylic acids is 4. The fourth-order valence-corrected chi connectivity index (χ4v) is 2.12. The van der Waals surface area contributed by atoms with E-state index in [1.807, 2.05) is 20.8 Å². The highest BCUT2D eigenvalue weighted by Crippen LogP contribution is 2.16. The van der Waals surface area contributed by atoms with Crippen molar-refractivity contribution in [3.8, 4) is 0 Å². The number of Topliss-reactive ketones (excluding diaryl/α,β-unsaturated/α-hetero) is 1. The van der Waals surface area contributed by atoms with Crippen molar-refractivity contribution in [2.45, 2.75) is 27.2 Å². The van der Waals surface area contributed by atoms with E-state index in [2.05, 4.69) is 16.0 Å². The van der Waals surface area contributed by atoms with Gasteiger partial charge in [0.2, 0.25) is 17.7 Å². The van der Waals surface area contributed by atoms with E-state index in [1.165, 1.54) is 19.0 Å². The molecule has 29 heavy (non-hydrogen) atoms. The van der Waals surface area contributed by atoms with E-state index in [0.717, 1.165) is 0 Å². The lowest BCUT2D eigenvalue weighted by atomic mass is 9.89. The van der Waals surface area contributed by atoms with Crippen LogP contribution in [0.4, 0.5) is 0 Å². The second kappa shape index (κ2) is 14.9. The van der Waals surface area contributed by atoms with Gasteiger partial charge in [-0.2, -0.15) is 0 Å². The number of amides is 3. The van der Waals surface area contributed by atoms with Gasteiger partial charge in [0, 0.05) is 32.5 Å². The Morgan fingerprint density at radius 3 is 1.72 bits per heavy atom. The predicted molar refractivity (Wildman–Crippen MR) is 108 cm³/mol. The van der Waals surface area contributed by atoms with Gasteiger partial charge in [0.15, 0.2) is 0 Å². The lowest BCUT2D eigenvalue weighted by Gasteiger charge is -2.20. The molecule has 0 rings (SSSR count). The molecule has 0 aromatic rings. The Labute approximate surface area is 173 Å². The third-order valence-corrected chi connectivity index (χ3v) is 3.91. The zero-order chi connectivity index (χ0) is 22.3. The molecule has 0 bridgehead atoms. The van der Waals surface area contributed by atoms with Gasteiger partial charge < -0.3 is 25.4 Å². The van der Waals surface area contributed by atoms with Crippen LogP contribution in [0.3, 0.4) is 0 Å². The topological polar surface area (TPSA) is 126 Å². The molecule has 168 valence electrons. The van der Waals surface area contributed by atoms with Crippen molar-refractivity contribution in [1.29, 1.82) is 0 Å². The molecule has 0 aliphatic rings. The molecule has 0 aromatic heterocycles. The van der Waals surface area contributed by atoms with Gasteiger partial charge in [-0.1, -0.05) is 20.8 Å². The van der Waals surface area contributed by atoms with Crippen LogP contribution in [0.25, 0.3) is 0 Å². The summed E-state index contributed by atoms with van der Waals surface area (Å²) in [5.74, 6) is -0.718. The quantitative estimate of drug-likeness (QED) is 0.290. The fourth-order valence-electron chi connectivity index (χ4n) is 2.12. The van der Waals surface area contributed by atoms with Crippen molar-refractivity contribution in [2.75, 3.05) is 66.7 Å². The minimum absolute atomic E-state index is 0.0527. The SMILES string of the molecule is CNC(=O)CN(CC(=O)NC)CC(=O)NCCOCCOCCC(=O)C(C)(C)C. The van der Waals surface area contributed by atoms with Crippen molar-refractivity contribution in [2.24, 2.45) is 5.41 Å². The molecule has 0 atom stereocenters. The molecule has 0 saturated carbocycles. The number of ketones is 1. The smallest absolute Gasteiger partial charge is 0.234 e. The Kier molecular flexibility index (Phi) is 13.8. The Morgan fingerprint density at radius 1 is 0.759 bits per heavy atom. The first kappa shape index (κ1) is 27.0. The Bertz CT molecular complexity index is 515. The lowest BCUT2D eigenvalue weighted by molar-refractivity contribution is -0.128. The molecular formula is C19H36N4O6. The number of hydrogen-bond acceptors (Lipinski definition) is 7. The standard InChI is InChI=1S/C19H36N4O6/c1-19(2,3)15(24)6-8-28-10-11-29-9-7-22-18(27)14-23(12-16(25)20-4)13-17(26)21-5/h6-14H2,1-5H3,(H,20,25)(H,21,26)(H,22,27). The molecular weight excluding hydrogens is 380 g/mol. The summed E-state index contributed by atoms with van der Waals surface area (Å²) in [7, 11) is 2.98. The second-order valence-electron chi connectivity index (χ2n) is 7.49. The van der Waals surface area contributed by atoms with E-state index in [4.69, 9.17) is 9.47 Å². The minimum atomic E-state index is -0.353. The first-order chi connectivity index (χ1) is 13.6. The maximum atomic E-state index is 12.0. The average molecular weight is 417 g/mol. The van der Waals surface area contributed by atoms with Crippen LogP contribution in [0, 0.1) is 5.41 Å². The average Bonchev–Trinajstić information content (AvgIpc) is 2.65. The number of likely N-dealkylation sites (N-methyl/N-ethyl adjacent to an activating group) is 2. The van der Waals surface area contributed by atoms with E-state index in [0.29, 0.717) is 39.4 Å². The molecule has 0 aliphatic carbocycles. The van der Waals surface area contributed by atoms with Crippen LogP contribution in [0.2, 0.25) is 0 Å². The molecule has 0 unspecified atom stereocenters. The molecule has 0 aromatic carbocycles. The van der Waals surface area contributed by atoms with Crippen LogP contribution in [0.15, 0.2) is 0 Å². The highest BCUT2D eigenvalue weighted by molar-refractivity contribution is 5.84. The summed E-state index contributed by atoms with van der Waals surface area (Å²) in [5, 5.41) is 7.59. The predicted octanol–water partition coefficient (Wildman–Crippen LogP) is -1.06. The highest BCUT2D eigenvalue weighted by Gasteiger charge is 2.20. The molecule has 0 saturated heterocycles. The molecule has 10 nitrogen and oxygen atoms in total. The monoisotopic (exact) mass is 416 g/mol. The van der Waals surface area contributed by atoms with Gasteiger partial charge in [0.1, 0.15) is 5.78 Å². The molecule has 0 aliphatic heterocycles. The lowest BCUT2D eigenvalue weighted by Crippen LogP contribution is -2.46. The van der Waals surface area contributed by atoms with Gasteiger partial charge in [-0.3, -0.25) is 24.1 Å². The van der Waals surface area contributed by atoms with Gasteiger partial charge in [-0.15, -0.1) is 0 Å². The first-order valence-corrected chi connectivity index (χ1v) is 9.69. The molecule has 0 fully saturated rings. The Hall–Kier alpha value is -2.04. The van der Waals surface area contributed by atoms with Crippen LogP contribution in [0.1, 0.15) is 27.2 Å². The Balaban J connectivity index is 3.89. The van der Waals surface area contributed by atoms with Gasteiger partial charge in [0.25, 0.3) is 0 Å². The third kappa shape index (κ3) is 14.6. The molecule has 0 heterocycles. The van der Waals surface area contributed by atoms with E-state index >= 15 is 0 Å². The maximum Gasteiger partial charge on any atom is 0.234 e.